The first-order chi connectivity index (χ1) is 9.83. The molecule has 0 spiro atoms. The van der Waals surface area contributed by atoms with E-state index in [1.807, 2.05) is 32.9 Å². The molecule has 116 valence electrons. The van der Waals surface area contributed by atoms with Crippen LogP contribution >= 0.6 is 0 Å². The second-order valence-corrected chi connectivity index (χ2v) is 6.75. The summed E-state index contributed by atoms with van der Waals surface area (Å²) in [6.07, 6.45) is 1.68. The number of benzene rings is 1. The van der Waals surface area contributed by atoms with Crippen molar-refractivity contribution in [3.8, 4) is 5.75 Å². The zero-order valence-electron chi connectivity index (χ0n) is 13.1. The summed E-state index contributed by atoms with van der Waals surface area (Å²) in [6.45, 7) is 8.31. The van der Waals surface area contributed by atoms with Crippen LogP contribution in [0.4, 0.5) is 0 Å². The summed E-state index contributed by atoms with van der Waals surface area (Å²) in [4.78, 5) is 14.4. The lowest BCUT2D eigenvalue weighted by Crippen LogP contribution is -2.38. The van der Waals surface area contributed by atoms with Gasteiger partial charge in [0.1, 0.15) is 11.4 Å². The molecule has 1 heterocycles. The highest BCUT2D eigenvalue weighted by molar-refractivity contribution is 5.73. The lowest BCUT2D eigenvalue weighted by Gasteiger charge is -2.32. The van der Waals surface area contributed by atoms with Crippen LogP contribution in [0.5, 0.6) is 5.75 Å². The van der Waals surface area contributed by atoms with E-state index in [2.05, 4.69) is 4.90 Å². The van der Waals surface area contributed by atoms with Gasteiger partial charge in [-0.3, -0.25) is 9.69 Å². The summed E-state index contributed by atoms with van der Waals surface area (Å²) in [5.41, 5.74) is 0.696. The molecule has 0 unspecified atom stereocenters. The number of hydrogen-bond acceptors (Lipinski definition) is 4. The van der Waals surface area contributed by atoms with Crippen molar-refractivity contribution in [2.45, 2.75) is 45.8 Å². The molecule has 1 fully saturated rings. The first-order valence-corrected chi connectivity index (χ1v) is 7.56. The molecule has 0 aliphatic carbocycles. The van der Waals surface area contributed by atoms with Crippen molar-refractivity contribution in [2.75, 3.05) is 13.1 Å². The molecular weight excluding hydrogens is 266 g/mol. The average Bonchev–Trinajstić information content (AvgIpc) is 2.37. The van der Waals surface area contributed by atoms with Crippen molar-refractivity contribution >= 4 is 5.97 Å². The number of carbonyl (C=O) groups excluding carboxylic acids is 1. The first-order valence-electron chi connectivity index (χ1n) is 7.56. The monoisotopic (exact) mass is 291 g/mol. The van der Waals surface area contributed by atoms with E-state index in [4.69, 9.17) is 4.74 Å². The fourth-order valence-electron chi connectivity index (χ4n) is 2.62. The van der Waals surface area contributed by atoms with Crippen LogP contribution in [0.2, 0.25) is 0 Å². The van der Waals surface area contributed by atoms with E-state index in [0.29, 0.717) is 5.75 Å². The summed E-state index contributed by atoms with van der Waals surface area (Å²) in [7, 11) is 0. The Bertz CT molecular complexity index is 485. The highest BCUT2D eigenvalue weighted by Crippen LogP contribution is 2.23. The van der Waals surface area contributed by atoms with Crippen LogP contribution in [0.15, 0.2) is 24.3 Å². The standard InChI is InChI=1S/C17H25NO3/c1-17(2,3)21-16(20)14-7-9-18(10-8-14)12-13-5-4-6-15(19)11-13/h4-6,11,14,19H,7-10,12H2,1-3H3. The van der Waals surface area contributed by atoms with E-state index in [1.54, 1.807) is 12.1 Å². The van der Waals surface area contributed by atoms with Crippen LogP contribution in [0, 0.1) is 5.92 Å². The van der Waals surface area contributed by atoms with Gasteiger partial charge in [-0.2, -0.15) is 0 Å². The Morgan fingerprint density at radius 3 is 2.57 bits per heavy atom. The lowest BCUT2D eigenvalue weighted by atomic mass is 9.96. The van der Waals surface area contributed by atoms with Crippen LogP contribution in [-0.2, 0) is 16.1 Å². The molecule has 2 rings (SSSR count). The first kappa shape index (κ1) is 15.8. The van der Waals surface area contributed by atoms with Crippen LogP contribution in [0.1, 0.15) is 39.2 Å². The predicted molar refractivity (Wildman–Crippen MR) is 82.0 cm³/mol. The number of likely N-dealkylation sites (tertiary alicyclic amines) is 1. The number of nitrogens with zero attached hydrogens (tertiary/aromatic N) is 1. The van der Waals surface area contributed by atoms with E-state index in [-0.39, 0.29) is 11.9 Å². The number of ether oxygens (including phenoxy) is 1. The van der Waals surface area contributed by atoms with Crippen molar-refractivity contribution < 1.29 is 14.6 Å². The fourth-order valence-corrected chi connectivity index (χ4v) is 2.62. The van der Waals surface area contributed by atoms with E-state index in [0.717, 1.165) is 38.0 Å². The van der Waals surface area contributed by atoms with Gasteiger partial charge in [-0.1, -0.05) is 12.1 Å². The second-order valence-electron chi connectivity index (χ2n) is 6.75. The van der Waals surface area contributed by atoms with Gasteiger partial charge < -0.3 is 9.84 Å². The van der Waals surface area contributed by atoms with Gasteiger partial charge >= 0.3 is 5.97 Å². The zero-order valence-corrected chi connectivity index (χ0v) is 13.1. The second kappa shape index (κ2) is 6.48. The lowest BCUT2D eigenvalue weighted by molar-refractivity contribution is -0.161. The van der Waals surface area contributed by atoms with E-state index in [1.165, 1.54) is 0 Å². The quantitative estimate of drug-likeness (QED) is 0.870. The highest BCUT2D eigenvalue weighted by atomic mass is 16.6. The smallest absolute Gasteiger partial charge is 0.309 e. The van der Waals surface area contributed by atoms with Gasteiger partial charge in [0, 0.05) is 6.54 Å². The molecule has 0 amide bonds. The fraction of sp³-hybridized carbons (Fsp3) is 0.588. The maximum Gasteiger partial charge on any atom is 0.309 e. The Labute approximate surface area is 126 Å². The Morgan fingerprint density at radius 2 is 2.00 bits per heavy atom. The third-order valence-electron chi connectivity index (χ3n) is 3.64. The number of hydrogen-bond donors (Lipinski definition) is 1. The van der Waals surface area contributed by atoms with E-state index >= 15 is 0 Å². The van der Waals surface area contributed by atoms with Crippen molar-refractivity contribution in [1.29, 1.82) is 0 Å². The summed E-state index contributed by atoms with van der Waals surface area (Å²) in [6, 6.07) is 7.34. The number of esters is 1. The van der Waals surface area contributed by atoms with Gasteiger partial charge in [-0.05, 0) is 64.4 Å². The molecule has 1 N–H and O–H groups in total. The highest BCUT2D eigenvalue weighted by Gasteiger charge is 2.28. The minimum atomic E-state index is -0.407. The molecule has 21 heavy (non-hydrogen) atoms. The van der Waals surface area contributed by atoms with Gasteiger partial charge in [0.2, 0.25) is 0 Å². The topological polar surface area (TPSA) is 49.8 Å². The minimum absolute atomic E-state index is 0.0182. The SMILES string of the molecule is CC(C)(C)OC(=O)C1CCN(Cc2cccc(O)c2)CC1. The summed E-state index contributed by atoms with van der Waals surface area (Å²) < 4.78 is 5.46. The molecule has 0 aromatic heterocycles. The summed E-state index contributed by atoms with van der Waals surface area (Å²) in [5.74, 6) is 0.250. The van der Waals surface area contributed by atoms with Crippen molar-refractivity contribution in [2.24, 2.45) is 5.92 Å². The number of piperidine rings is 1. The van der Waals surface area contributed by atoms with Crippen molar-refractivity contribution in [3.05, 3.63) is 29.8 Å². The Kier molecular flexibility index (Phi) is 4.88. The molecule has 4 heteroatoms. The summed E-state index contributed by atoms with van der Waals surface area (Å²) >= 11 is 0. The van der Waals surface area contributed by atoms with Gasteiger partial charge in [0.25, 0.3) is 0 Å². The molecule has 1 aliphatic heterocycles. The summed E-state index contributed by atoms with van der Waals surface area (Å²) in [5, 5.41) is 9.49. The van der Waals surface area contributed by atoms with Crippen molar-refractivity contribution in [1.82, 2.24) is 4.90 Å². The maximum atomic E-state index is 12.0. The van der Waals surface area contributed by atoms with E-state index < -0.39 is 5.60 Å². The molecule has 0 saturated carbocycles. The van der Waals surface area contributed by atoms with Gasteiger partial charge in [-0.15, -0.1) is 0 Å². The Hall–Kier alpha value is -1.55. The molecule has 0 radical (unpaired) electrons. The van der Waals surface area contributed by atoms with Crippen LogP contribution in [0.25, 0.3) is 0 Å². The number of aromatic hydroxyl groups is 1. The van der Waals surface area contributed by atoms with Gasteiger partial charge in [0.05, 0.1) is 5.92 Å². The molecule has 0 bridgehead atoms. The van der Waals surface area contributed by atoms with Crippen LogP contribution < -0.4 is 0 Å². The zero-order chi connectivity index (χ0) is 15.5. The maximum absolute atomic E-state index is 12.0. The minimum Gasteiger partial charge on any atom is -0.508 e. The third-order valence-corrected chi connectivity index (χ3v) is 3.64. The number of phenolic OH excluding ortho intramolecular Hbond substituents is 1. The van der Waals surface area contributed by atoms with Gasteiger partial charge in [0.15, 0.2) is 0 Å². The van der Waals surface area contributed by atoms with Crippen molar-refractivity contribution in [3.63, 3.8) is 0 Å². The molecule has 1 aliphatic rings. The molecule has 0 atom stereocenters. The number of phenols is 1. The van der Waals surface area contributed by atoms with E-state index in [9.17, 15) is 9.90 Å². The normalized spacial score (nSPS) is 17.7. The number of rotatable bonds is 3. The predicted octanol–water partition coefficient (Wildman–Crippen LogP) is 2.95. The van der Waals surface area contributed by atoms with Crippen LogP contribution in [-0.4, -0.2) is 34.7 Å². The van der Waals surface area contributed by atoms with Crippen LogP contribution in [0.3, 0.4) is 0 Å². The molecular formula is C17H25NO3. The molecule has 1 aromatic rings. The Morgan fingerprint density at radius 1 is 1.33 bits per heavy atom. The number of carbonyl (C=O) groups is 1. The average molecular weight is 291 g/mol. The molecule has 1 saturated heterocycles. The largest absolute Gasteiger partial charge is 0.508 e. The molecule has 4 nitrogen and oxygen atoms in total. The van der Waals surface area contributed by atoms with Gasteiger partial charge in [-0.25, -0.2) is 0 Å². The Balaban J connectivity index is 1.82. The molecule has 1 aromatic carbocycles. The third kappa shape index (κ3) is 5.05.